The second kappa shape index (κ2) is 7.34. The third-order valence-electron chi connectivity index (χ3n) is 6.45. The van der Waals surface area contributed by atoms with Gasteiger partial charge in [-0.05, 0) is 68.6 Å². The predicted molar refractivity (Wildman–Crippen MR) is 92.5 cm³/mol. The number of nitrogens with one attached hydrogen (secondary N) is 2. The van der Waals surface area contributed by atoms with Gasteiger partial charge in [-0.1, -0.05) is 0 Å². The summed E-state index contributed by atoms with van der Waals surface area (Å²) in [6, 6.07) is 0.131. The molecule has 4 bridgehead atoms. The molecule has 0 unspecified atom stereocenters. The lowest BCUT2D eigenvalue weighted by Gasteiger charge is -2.59. The zero-order valence-electron chi connectivity index (χ0n) is 15.3. The molecule has 4 fully saturated rings. The van der Waals surface area contributed by atoms with Crippen molar-refractivity contribution in [2.45, 2.75) is 64.8 Å². The van der Waals surface area contributed by atoms with E-state index in [0.29, 0.717) is 0 Å². The Labute approximate surface area is 149 Å². The summed E-state index contributed by atoms with van der Waals surface area (Å²) in [5, 5.41) is 5.61. The first-order chi connectivity index (χ1) is 11.9. The van der Waals surface area contributed by atoms with Crippen molar-refractivity contribution in [3.63, 3.8) is 0 Å². The Morgan fingerprint density at radius 2 is 1.64 bits per heavy atom. The maximum Gasteiger partial charge on any atom is 0.308 e. The molecule has 4 aliphatic carbocycles. The summed E-state index contributed by atoms with van der Waals surface area (Å²) in [6.45, 7) is 3.50. The van der Waals surface area contributed by atoms with E-state index >= 15 is 0 Å². The van der Waals surface area contributed by atoms with Gasteiger partial charge < -0.3 is 15.4 Å². The molecular weight excluding hydrogens is 320 g/mol. The van der Waals surface area contributed by atoms with Gasteiger partial charge in [0.1, 0.15) is 0 Å². The lowest BCUT2D eigenvalue weighted by molar-refractivity contribution is -0.149. The maximum absolute atomic E-state index is 12.2. The van der Waals surface area contributed by atoms with Gasteiger partial charge in [-0.25, -0.2) is 0 Å². The highest BCUT2D eigenvalue weighted by molar-refractivity contribution is 5.81. The Kier molecular flexibility index (Phi) is 5.35. The summed E-state index contributed by atoms with van der Waals surface area (Å²) >= 11 is 0. The molecule has 4 saturated carbocycles. The fourth-order valence-corrected chi connectivity index (χ4v) is 5.70. The fraction of sp³-hybridized carbons (Fsp3) is 0.842. The van der Waals surface area contributed by atoms with E-state index in [-0.39, 0.29) is 42.8 Å². The number of hydrogen-bond acceptors (Lipinski definition) is 4. The molecular formula is C19H30N2O4. The number of esters is 1. The zero-order valence-corrected chi connectivity index (χ0v) is 15.3. The minimum atomic E-state index is -0.466. The van der Waals surface area contributed by atoms with Gasteiger partial charge in [0.15, 0.2) is 6.61 Å². The van der Waals surface area contributed by atoms with Crippen molar-refractivity contribution in [2.24, 2.45) is 23.2 Å². The highest BCUT2D eigenvalue weighted by Crippen LogP contribution is 2.61. The first-order valence-corrected chi connectivity index (χ1v) is 9.56. The van der Waals surface area contributed by atoms with Gasteiger partial charge >= 0.3 is 5.97 Å². The number of rotatable bonds is 7. The van der Waals surface area contributed by atoms with Gasteiger partial charge in [0.25, 0.3) is 5.91 Å². The number of carbonyl (C=O) groups is 3. The van der Waals surface area contributed by atoms with Crippen molar-refractivity contribution >= 4 is 17.8 Å². The minimum absolute atomic E-state index is 0.0807. The van der Waals surface area contributed by atoms with E-state index in [9.17, 15) is 14.4 Å². The van der Waals surface area contributed by atoms with E-state index in [0.717, 1.165) is 17.8 Å². The minimum Gasteiger partial charge on any atom is -0.456 e. The van der Waals surface area contributed by atoms with Gasteiger partial charge in [0, 0.05) is 19.5 Å². The van der Waals surface area contributed by atoms with Crippen molar-refractivity contribution < 1.29 is 19.1 Å². The van der Waals surface area contributed by atoms with Crippen molar-refractivity contribution in [1.82, 2.24) is 10.6 Å². The van der Waals surface area contributed by atoms with Crippen LogP contribution in [-0.2, 0) is 19.1 Å². The van der Waals surface area contributed by atoms with Crippen molar-refractivity contribution in [2.75, 3.05) is 13.2 Å². The van der Waals surface area contributed by atoms with Gasteiger partial charge in [0.2, 0.25) is 5.91 Å². The van der Waals surface area contributed by atoms with Crippen LogP contribution in [0.1, 0.15) is 58.8 Å². The largest absolute Gasteiger partial charge is 0.456 e. The van der Waals surface area contributed by atoms with Gasteiger partial charge in [0.05, 0.1) is 6.42 Å². The zero-order chi connectivity index (χ0) is 18.0. The molecule has 0 aliphatic heterocycles. The van der Waals surface area contributed by atoms with Crippen LogP contribution < -0.4 is 10.6 Å². The molecule has 0 aromatic heterocycles. The molecule has 25 heavy (non-hydrogen) atoms. The molecule has 6 heteroatoms. The second-order valence-electron chi connectivity index (χ2n) is 8.46. The number of amides is 2. The summed E-state index contributed by atoms with van der Waals surface area (Å²) in [4.78, 5) is 34.5. The molecule has 0 saturated heterocycles. The number of carbonyl (C=O) groups excluding carboxylic acids is 3. The maximum atomic E-state index is 12.2. The van der Waals surface area contributed by atoms with Gasteiger partial charge in [-0.2, -0.15) is 0 Å². The topological polar surface area (TPSA) is 84.5 Å². The fourth-order valence-electron chi connectivity index (χ4n) is 5.70. The molecule has 2 N–H and O–H groups in total. The number of ether oxygens (including phenoxy) is 1. The third kappa shape index (κ3) is 4.33. The highest BCUT2D eigenvalue weighted by Gasteiger charge is 2.53. The molecule has 0 radical (unpaired) electrons. The Hall–Kier alpha value is -1.59. The summed E-state index contributed by atoms with van der Waals surface area (Å²) in [5.74, 6) is 1.66. The average Bonchev–Trinajstić information content (AvgIpc) is 2.51. The lowest BCUT2D eigenvalue weighted by Crippen LogP contribution is -2.56. The van der Waals surface area contributed by atoms with E-state index < -0.39 is 5.97 Å². The monoisotopic (exact) mass is 350 g/mol. The normalized spacial score (nSPS) is 33.6. The summed E-state index contributed by atoms with van der Waals surface area (Å²) in [6.07, 6.45) is 7.92. The van der Waals surface area contributed by atoms with E-state index in [1.165, 1.54) is 45.4 Å². The van der Waals surface area contributed by atoms with E-state index in [1.807, 2.05) is 0 Å². The summed E-state index contributed by atoms with van der Waals surface area (Å²) in [5.41, 5.74) is 0.250. The molecule has 6 nitrogen and oxygen atoms in total. The highest BCUT2D eigenvalue weighted by atomic mass is 16.5. The second-order valence-corrected chi connectivity index (χ2v) is 8.46. The van der Waals surface area contributed by atoms with Crippen LogP contribution in [0.2, 0.25) is 0 Å². The molecule has 0 spiro atoms. The Bertz CT molecular complexity index is 510. The van der Waals surface area contributed by atoms with E-state index in [1.54, 1.807) is 0 Å². The SMILES string of the molecule is CC(=O)NCCC(=O)OCC(=O)N[C@@H](C)C12CC3CC(CC(C3)C1)C2. The van der Waals surface area contributed by atoms with Crippen molar-refractivity contribution in [3.05, 3.63) is 0 Å². The molecule has 0 heterocycles. The van der Waals surface area contributed by atoms with E-state index in [2.05, 4.69) is 17.6 Å². The first-order valence-electron chi connectivity index (χ1n) is 9.56. The van der Waals surface area contributed by atoms with Crippen molar-refractivity contribution in [3.8, 4) is 0 Å². The van der Waals surface area contributed by atoms with Crippen LogP contribution in [-0.4, -0.2) is 37.0 Å². The van der Waals surface area contributed by atoms with Gasteiger partial charge in [-0.15, -0.1) is 0 Å². The van der Waals surface area contributed by atoms with Crippen LogP contribution in [0.3, 0.4) is 0 Å². The Balaban J connectivity index is 1.42. The van der Waals surface area contributed by atoms with Crippen LogP contribution in [0, 0.1) is 23.2 Å². The summed E-state index contributed by atoms with van der Waals surface area (Å²) in [7, 11) is 0. The molecule has 0 aromatic carbocycles. The molecule has 0 aromatic rings. The quantitative estimate of drug-likeness (QED) is 0.686. The Morgan fingerprint density at radius 1 is 1.08 bits per heavy atom. The smallest absolute Gasteiger partial charge is 0.308 e. The van der Waals surface area contributed by atoms with Crippen LogP contribution in [0.5, 0.6) is 0 Å². The molecule has 1 atom stereocenters. The third-order valence-corrected chi connectivity index (χ3v) is 6.45. The first kappa shape index (κ1) is 18.2. The molecule has 2 amide bonds. The number of hydrogen-bond donors (Lipinski definition) is 2. The van der Waals surface area contributed by atoms with Crippen molar-refractivity contribution in [1.29, 1.82) is 0 Å². The Morgan fingerprint density at radius 3 is 2.16 bits per heavy atom. The van der Waals surface area contributed by atoms with Crippen LogP contribution >= 0.6 is 0 Å². The molecule has 4 aliphatic rings. The van der Waals surface area contributed by atoms with Crippen LogP contribution in [0.15, 0.2) is 0 Å². The molecule has 140 valence electrons. The van der Waals surface area contributed by atoms with E-state index in [4.69, 9.17) is 4.74 Å². The summed E-state index contributed by atoms with van der Waals surface area (Å²) < 4.78 is 5.00. The predicted octanol–water partition coefficient (Wildman–Crippen LogP) is 1.78. The lowest BCUT2D eigenvalue weighted by atomic mass is 9.48. The average molecular weight is 350 g/mol. The van der Waals surface area contributed by atoms with Crippen LogP contribution in [0.4, 0.5) is 0 Å². The standard InChI is InChI=1S/C19H30N2O4/c1-12(19-8-14-5-15(9-19)7-16(6-14)10-19)21-17(23)11-25-18(24)3-4-20-13(2)22/h12,14-16H,3-11H2,1-2H3,(H,20,22)(H,21,23)/t12-,14?,15?,16?,19?/m0/s1. The van der Waals surface area contributed by atoms with Gasteiger partial charge in [-0.3, -0.25) is 14.4 Å². The molecule has 4 rings (SSSR count). The van der Waals surface area contributed by atoms with Crippen LogP contribution in [0.25, 0.3) is 0 Å².